The average molecular weight is 180 g/mol. The highest BCUT2D eigenvalue weighted by atomic mass is 32.2. The fourth-order valence-electron chi connectivity index (χ4n) is 1.12. The van der Waals surface area contributed by atoms with Crippen molar-refractivity contribution in [3.63, 3.8) is 0 Å². The molecule has 0 fully saturated rings. The first-order chi connectivity index (χ1) is 5.77. The lowest BCUT2D eigenvalue weighted by Crippen LogP contribution is -2.19. The van der Waals surface area contributed by atoms with E-state index >= 15 is 0 Å². The van der Waals surface area contributed by atoms with E-state index in [-0.39, 0.29) is 12.3 Å². The van der Waals surface area contributed by atoms with Crippen LogP contribution in [-0.4, -0.2) is 16.5 Å². The number of ketones is 1. The first kappa shape index (κ1) is 7.49. The molecule has 0 aliphatic carbocycles. The van der Waals surface area contributed by atoms with Gasteiger partial charge in [0.25, 0.3) is 18.5 Å². The van der Waals surface area contributed by atoms with Crippen LogP contribution in [0.1, 0.15) is 10.4 Å². The third-order valence-corrected chi connectivity index (χ3v) is 2.55. The molecular weight excluding hydrogens is 174 g/mol. The van der Waals surface area contributed by atoms with E-state index in [1.165, 1.54) is 0 Å². The van der Waals surface area contributed by atoms with Crippen molar-refractivity contribution in [2.24, 2.45) is 0 Å². The van der Waals surface area contributed by atoms with Gasteiger partial charge in [-0.3, -0.25) is 4.79 Å². The molecule has 0 saturated heterocycles. The predicted molar refractivity (Wildman–Crippen MR) is 45.1 cm³/mol. The van der Waals surface area contributed by atoms with Crippen molar-refractivity contribution < 1.29 is 8.96 Å². The predicted octanol–water partition coefficient (Wildman–Crippen LogP) is 1.67. The Morgan fingerprint density at radius 2 is 2.08 bits per heavy atom. The smallest absolute Gasteiger partial charge is 0.270 e. The first-order valence-electron chi connectivity index (χ1n) is 3.52. The molecule has 12 heavy (non-hydrogen) atoms. The van der Waals surface area contributed by atoms with Crippen LogP contribution in [0, 0.1) is 4.91 Å². The summed E-state index contributed by atoms with van der Waals surface area (Å²) in [5, 5.41) is 0. The molecule has 0 spiro atoms. The van der Waals surface area contributed by atoms with Gasteiger partial charge in [0.1, 0.15) is 0 Å². The van der Waals surface area contributed by atoms with E-state index in [0.29, 0.717) is 9.73 Å². The van der Waals surface area contributed by atoms with Crippen molar-refractivity contribution in [2.75, 3.05) is 6.54 Å². The summed E-state index contributed by atoms with van der Waals surface area (Å²) in [5.41, 5.74) is 0.662. The molecular formula is C8H6NO2S+. The molecule has 0 N–H and O–H groups in total. The molecule has 1 aromatic rings. The summed E-state index contributed by atoms with van der Waals surface area (Å²) in [6.07, 6.45) is 0. The van der Waals surface area contributed by atoms with E-state index in [1.807, 2.05) is 6.07 Å². The zero-order chi connectivity index (χ0) is 8.55. The van der Waals surface area contributed by atoms with Crippen molar-refractivity contribution in [1.29, 1.82) is 0 Å². The van der Waals surface area contributed by atoms with Crippen molar-refractivity contribution in [3.8, 4) is 0 Å². The van der Waals surface area contributed by atoms with Crippen molar-refractivity contribution in [3.05, 3.63) is 34.7 Å². The molecule has 4 heteroatoms. The van der Waals surface area contributed by atoms with E-state index < -0.39 is 0 Å². The van der Waals surface area contributed by atoms with Gasteiger partial charge in [0, 0.05) is 10.5 Å². The van der Waals surface area contributed by atoms with Gasteiger partial charge in [-0.15, -0.1) is 0 Å². The summed E-state index contributed by atoms with van der Waals surface area (Å²) < 4.78 is 0.699. The average Bonchev–Trinajstić information content (AvgIpc) is 2.04. The highest BCUT2D eigenvalue weighted by molar-refractivity contribution is 7.93. The molecule has 1 aromatic carbocycles. The van der Waals surface area contributed by atoms with Gasteiger partial charge in [-0.05, 0) is 12.1 Å². The molecule has 0 amide bonds. The summed E-state index contributed by atoms with van der Waals surface area (Å²) in [5.74, 6) is -0.0978. The maximum Gasteiger partial charge on any atom is 0.270 e. The second kappa shape index (κ2) is 2.71. The monoisotopic (exact) mass is 180 g/mol. The Balaban J connectivity index is 2.54. The zero-order valence-corrected chi connectivity index (χ0v) is 7.00. The number of hydrogen-bond acceptors (Lipinski definition) is 3. The van der Waals surface area contributed by atoms with Crippen LogP contribution in [0.2, 0.25) is 0 Å². The number of nitroso groups, excluding NO2 is 1. The summed E-state index contributed by atoms with van der Waals surface area (Å²) in [6, 6.07) is 7.15. The Bertz CT molecular complexity index is 362. The quantitative estimate of drug-likeness (QED) is 0.450. The van der Waals surface area contributed by atoms with Crippen LogP contribution in [0.25, 0.3) is 0 Å². The fourth-order valence-corrected chi connectivity index (χ4v) is 1.94. The van der Waals surface area contributed by atoms with Crippen LogP contribution in [-0.2, 0) is 0 Å². The molecule has 0 atom stereocenters. The Labute approximate surface area is 73.5 Å². The molecule has 1 aliphatic heterocycles. The highest BCUT2D eigenvalue weighted by Crippen LogP contribution is 2.27. The molecule has 3 nitrogen and oxygen atoms in total. The molecule has 1 heterocycles. The standard InChI is InChI=1S/C8H6NO2S/c10-7-5-9(11)12-8-4-2-1-3-6(7)8/h1-4H,5H2/q+1. The molecule has 1 aliphatic rings. The van der Waals surface area contributed by atoms with E-state index in [1.54, 1.807) is 18.2 Å². The van der Waals surface area contributed by atoms with Gasteiger partial charge < -0.3 is 0 Å². The topological polar surface area (TPSA) is 37.1 Å². The van der Waals surface area contributed by atoms with Crippen LogP contribution in [0.5, 0.6) is 0 Å². The number of benzene rings is 1. The SMILES string of the molecule is O=C1C[N+](=O)Sc2ccccc21. The number of carbonyl (C=O) groups excluding carboxylic acids is 1. The minimum Gasteiger partial charge on any atom is -0.287 e. The first-order valence-corrected chi connectivity index (χ1v) is 4.29. The molecule has 0 bridgehead atoms. The van der Waals surface area contributed by atoms with Crippen LogP contribution in [0.4, 0.5) is 0 Å². The number of carbonyl (C=O) groups is 1. The van der Waals surface area contributed by atoms with E-state index in [9.17, 15) is 9.70 Å². The molecule has 0 unspecified atom stereocenters. The summed E-state index contributed by atoms with van der Waals surface area (Å²) in [7, 11) is 0. The van der Waals surface area contributed by atoms with Gasteiger partial charge >= 0.3 is 0 Å². The Morgan fingerprint density at radius 3 is 2.92 bits per heavy atom. The third-order valence-electron chi connectivity index (χ3n) is 1.66. The van der Waals surface area contributed by atoms with E-state index in [4.69, 9.17) is 0 Å². The second-order valence-electron chi connectivity index (χ2n) is 2.50. The second-order valence-corrected chi connectivity index (χ2v) is 3.53. The lowest BCUT2D eigenvalue weighted by Gasteiger charge is -2.04. The Hall–Kier alpha value is -1.16. The van der Waals surface area contributed by atoms with Gasteiger partial charge in [0.15, 0.2) is 0 Å². The Morgan fingerprint density at radius 1 is 1.33 bits per heavy atom. The van der Waals surface area contributed by atoms with Crippen molar-refractivity contribution in [1.82, 2.24) is 0 Å². The van der Waals surface area contributed by atoms with E-state index in [0.717, 1.165) is 16.8 Å². The molecule has 2 rings (SSSR count). The van der Waals surface area contributed by atoms with Crippen molar-refractivity contribution >= 4 is 17.7 Å². The van der Waals surface area contributed by atoms with Gasteiger partial charge in [0.2, 0.25) is 5.78 Å². The van der Waals surface area contributed by atoms with Crippen LogP contribution >= 0.6 is 11.9 Å². The van der Waals surface area contributed by atoms with Gasteiger partial charge in [-0.25, -0.2) is 0 Å². The molecule has 0 aromatic heterocycles. The fraction of sp³-hybridized carbons (Fsp3) is 0.125. The van der Waals surface area contributed by atoms with Crippen LogP contribution < -0.4 is 0 Å². The highest BCUT2D eigenvalue weighted by Gasteiger charge is 2.30. The summed E-state index contributed by atoms with van der Waals surface area (Å²) in [6.45, 7) is -0.0400. The maximum absolute atomic E-state index is 11.2. The van der Waals surface area contributed by atoms with Gasteiger partial charge in [-0.1, -0.05) is 12.1 Å². The van der Waals surface area contributed by atoms with Gasteiger partial charge in [0.05, 0.1) is 9.06 Å². The minimum absolute atomic E-state index is 0.0400. The van der Waals surface area contributed by atoms with Crippen LogP contribution in [0.15, 0.2) is 29.2 Å². The molecule has 60 valence electrons. The number of hydrogen-bond donors (Lipinski definition) is 0. The zero-order valence-electron chi connectivity index (χ0n) is 6.19. The molecule has 0 radical (unpaired) electrons. The van der Waals surface area contributed by atoms with Crippen LogP contribution in [0.3, 0.4) is 0 Å². The summed E-state index contributed by atoms with van der Waals surface area (Å²) >= 11 is 1.07. The number of nitrogens with zero attached hydrogens (tertiary/aromatic N) is 1. The largest absolute Gasteiger partial charge is 0.287 e. The Kier molecular flexibility index (Phi) is 1.69. The summed E-state index contributed by atoms with van der Waals surface area (Å²) in [4.78, 5) is 22.9. The minimum atomic E-state index is -0.0978. The molecule has 0 saturated carbocycles. The van der Waals surface area contributed by atoms with Gasteiger partial charge in [-0.2, -0.15) is 0 Å². The van der Waals surface area contributed by atoms with E-state index in [2.05, 4.69) is 0 Å². The third kappa shape index (κ3) is 1.14. The number of rotatable bonds is 0. The lowest BCUT2D eigenvalue weighted by molar-refractivity contribution is -0.356. The number of Topliss-reactive ketones (excluding diaryl/α,β-unsaturated/α-hetero) is 1. The van der Waals surface area contributed by atoms with Crippen molar-refractivity contribution in [2.45, 2.75) is 4.90 Å². The lowest BCUT2D eigenvalue weighted by atomic mass is 10.1. The maximum atomic E-state index is 11.2. The normalized spacial score (nSPS) is 16.0. The number of fused-ring (bicyclic) bond motifs is 1.